The summed E-state index contributed by atoms with van der Waals surface area (Å²) in [4.78, 5) is 14.6. The number of thioether (sulfide) groups is 1. The van der Waals surface area contributed by atoms with Crippen LogP contribution in [0, 0.1) is 0 Å². The van der Waals surface area contributed by atoms with Gasteiger partial charge in [-0.3, -0.25) is 4.79 Å². The highest BCUT2D eigenvalue weighted by Gasteiger charge is 2.35. The molecule has 1 saturated heterocycles. The molecular formula is C19H25ClN4O4S2. The molecule has 1 fully saturated rings. The van der Waals surface area contributed by atoms with Crippen molar-refractivity contribution in [3.8, 4) is 5.75 Å². The second-order valence-electron chi connectivity index (χ2n) is 7.12. The van der Waals surface area contributed by atoms with Gasteiger partial charge < -0.3 is 14.2 Å². The van der Waals surface area contributed by atoms with Crippen molar-refractivity contribution >= 4 is 39.1 Å². The first-order valence-corrected chi connectivity index (χ1v) is 12.7. The standard InChI is InChI=1S/C19H25ClN4O4S2/c1-4-24(14-9-10-30(26,27)12-14)18(25)13(2)29-19-22-21-17(23(19)3)11-28-16-8-6-5-7-15(16)20/h5-8,13-14H,4,9-12H2,1-3H3/t13-,14-/m0/s1. The van der Waals surface area contributed by atoms with Crippen molar-refractivity contribution in [2.24, 2.45) is 7.05 Å². The Bertz CT molecular complexity index is 1010. The predicted molar refractivity (Wildman–Crippen MR) is 117 cm³/mol. The van der Waals surface area contributed by atoms with E-state index in [-0.39, 0.29) is 30.1 Å². The highest BCUT2D eigenvalue weighted by molar-refractivity contribution is 8.00. The van der Waals surface area contributed by atoms with Crippen molar-refractivity contribution in [2.75, 3.05) is 18.1 Å². The van der Waals surface area contributed by atoms with Gasteiger partial charge in [-0.05, 0) is 32.4 Å². The third kappa shape index (κ3) is 5.28. The van der Waals surface area contributed by atoms with E-state index in [2.05, 4.69) is 10.2 Å². The Morgan fingerprint density at radius 1 is 1.40 bits per heavy atom. The van der Waals surface area contributed by atoms with Gasteiger partial charge in [0.2, 0.25) is 5.91 Å². The molecule has 0 spiro atoms. The highest BCUT2D eigenvalue weighted by atomic mass is 35.5. The van der Waals surface area contributed by atoms with E-state index in [0.717, 1.165) is 0 Å². The van der Waals surface area contributed by atoms with E-state index in [1.54, 1.807) is 28.5 Å². The Balaban J connectivity index is 1.63. The van der Waals surface area contributed by atoms with Crippen LogP contribution in [-0.4, -0.2) is 63.3 Å². The minimum Gasteiger partial charge on any atom is -0.484 e. The van der Waals surface area contributed by atoms with Crippen molar-refractivity contribution in [2.45, 2.75) is 43.3 Å². The number of benzene rings is 1. The molecule has 2 atom stereocenters. The molecule has 3 rings (SSSR count). The third-order valence-corrected chi connectivity index (χ3v) is 8.21. The van der Waals surface area contributed by atoms with Gasteiger partial charge in [-0.1, -0.05) is 35.5 Å². The number of para-hydroxylation sites is 1. The molecule has 11 heteroatoms. The van der Waals surface area contributed by atoms with Crippen LogP contribution in [0.1, 0.15) is 26.1 Å². The van der Waals surface area contributed by atoms with Crippen molar-refractivity contribution in [3.05, 3.63) is 35.1 Å². The third-order valence-electron chi connectivity index (χ3n) is 5.02. The molecule has 1 aliphatic heterocycles. The number of halogens is 1. The zero-order chi connectivity index (χ0) is 21.9. The lowest BCUT2D eigenvalue weighted by Crippen LogP contribution is -2.44. The normalized spacial score (nSPS) is 18.9. The fourth-order valence-corrected chi connectivity index (χ4v) is 6.16. The molecule has 2 aromatic rings. The van der Waals surface area contributed by atoms with Crippen LogP contribution in [0.3, 0.4) is 0 Å². The monoisotopic (exact) mass is 472 g/mol. The Kier molecular flexibility index (Phi) is 7.30. The maximum absolute atomic E-state index is 13.0. The number of rotatable bonds is 8. The zero-order valence-corrected chi connectivity index (χ0v) is 19.5. The number of aromatic nitrogens is 3. The second-order valence-corrected chi connectivity index (χ2v) is 11.1. The lowest BCUT2D eigenvalue weighted by molar-refractivity contribution is -0.131. The molecule has 30 heavy (non-hydrogen) atoms. The molecule has 0 N–H and O–H groups in total. The Morgan fingerprint density at radius 2 is 2.13 bits per heavy atom. The van der Waals surface area contributed by atoms with Crippen LogP contribution in [-0.2, 0) is 28.3 Å². The molecule has 1 aromatic heterocycles. The molecule has 8 nitrogen and oxygen atoms in total. The van der Waals surface area contributed by atoms with Crippen LogP contribution in [0.25, 0.3) is 0 Å². The van der Waals surface area contributed by atoms with Gasteiger partial charge in [0.1, 0.15) is 12.4 Å². The Morgan fingerprint density at radius 3 is 2.77 bits per heavy atom. The lowest BCUT2D eigenvalue weighted by atomic mass is 10.2. The maximum Gasteiger partial charge on any atom is 0.236 e. The van der Waals surface area contributed by atoms with E-state index in [9.17, 15) is 13.2 Å². The minimum atomic E-state index is -3.05. The first kappa shape index (κ1) is 22.9. The summed E-state index contributed by atoms with van der Waals surface area (Å²) in [5.74, 6) is 1.25. The summed E-state index contributed by atoms with van der Waals surface area (Å²) in [5.41, 5.74) is 0. The van der Waals surface area contributed by atoms with E-state index >= 15 is 0 Å². The van der Waals surface area contributed by atoms with E-state index in [0.29, 0.717) is 34.7 Å². The predicted octanol–water partition coefficient (Wildman–Crippen LogP) is 2.56. The molecule has 0 aliphatic carbocycles. The van der Waals surface area contributed by atoms with Crippen LogP contribution < -0.4 is 4.74 Å². The van der Waals surface area contributed by atoms with Gasteiger partial charge in [0.25, 0.3) is 0 Å². The van der Waals surface area contributed by atoms with Gasteiger partial charge in [0, 0.05) is 19.6 Å². The van der Waals surface area contributed by atoms with Crippen LogP contribution >= 0.6 is 23.4 Å². The van der Waals surface area contributed by atoms with Crippen molar-refractivity contribution in [1.82, 2.24) is 19.7 Å². The number of nitrogens with zero attached hydrogens (tertiary/aromatic N) is 4. The molecule has 164 valence electrons. The maximum atomic E-state index is 13.0. The smallest absolute Gasteiger partial charge is 0.236 e. The van der Waals surface area contributed by atoms with E-state index in [4.69, 9.17) is 16.3 Å². The van der Waals surface area contributed by atoms with Crippen molar-refractivity contribution < 1.29 is 17.9 Å². The summed E-state index contributed by atoms with van der Waals surface area (Å²) in [6, 6.07) is 6.93. The first-order valence-electron chi connectivity index (χ1n) is 9.65. The summed E-state index contributed by atoms with van der Waals surface area (Å²) in [7, 11) is -1.24. The SMILES string of the molecule is CCN(C(=O)[C@H](C)Sc1nnc(COc2ccccc2Cl)n1C)[C@H]1CCS(=O)(=O)C1. The molecule has 0 unspecified atom stereocenters. The van der Waals surface area contributed by atoms with Crippen LogP contribution in [0.2, 0.25) is 5.02 Å². The fourth-order valence-electron chi connectivity index (χ4n) is 3.33. The van der Waals surface area contributed by atoms with Crippen molar-refractivity contribution in [1.29, 1.82) is 0 Å². The lowest BCUT2D eigenvalue weighted by Gasteiger charge is -2.29. The number of carbonyl (C=O) groups excluding carboxylic acids is 1. The van der Waals surface area contributed by atoms with Gasteiger partial charge in [-0.2, -0.15) is 0 Å². The van der Waals surface area contributed by atoms with Crippen molar-refractivity contribution in [3.63, 3.8) is 0 Å². The molecule has 0 radical (unpaired) electrons. The average Bonchev–Trinajstić information content (AvgIpc) is 3.24. The molecule has 1 aromatic carbocycles. The number of hydrogen-bond donors (Lipinski definition) is 0. The number of amides is 1. The molecular weight excluding hydrogens is 448 g/mol. The minimum absolute atomic E-state index is 0.0391. The van der Waals surface area contributed by atoms with E-state index in [1.807, 2.05) is 26.1 Å². The summed E-state index contributed by atoms with van der Waals surface area (Å²) >= 11 is 7.40. The first-order chi connectivity index (χ1) is 14.2. The highest BCUT2D eigenvalue weighted by Crippen LogP contribution is 2.27. The second kappa shape index (κ2) is 9.57. The van der Waals surface area contributed by atoms with Gasteiger partial charge in [-0.15, -0.1) is 10.2 Å². The summed E-state index contributed by atoms with van der Waals surface area (Å²) in [6.07, 6.45) is 0.493. The topological polar surface area (TPSA) is 94.4 Å². The fraction of sp³-hybridized carbons (Fsp3) is 0.526. The largest absolute Gasteiger partial charge is 0.484 e. The molecule has 1 amide bonds. The number of carbonyl (C=O) groups is 1. The van der Waals surface area contributed by atoms with Crippen LogP contribution in [0.5, 0.6) is 5.75 Å². The van der Waals surface area contributed by atoms with E-state index < -0.39 is 15.1 Å². The van der Waals surface area contributed by atoms with E-state index in [1.165, 1.54) is 11.8 Å². The number of sulfone groups is 1. The van der Waals surface area contributed by atoms with Crippen LogP contribution in [0.15, 0.2) is 29.4 Å². The van der Waals surface area contributed by atoms with Gasteiger partial charge in [0.15, 0.2) is 20.8 Å². The Labute approximate surface area is 185 Å². The molecule has 0 saturated carbocycles. The zero-order valence-electron chi connectivity index (χ0n) is 17.1. The quantitative estimate of drug-likeness (QED) is 0.545. The van der Waals surface area contributed by atoms with Gasteiger partial charge >= 0.3 is 0 Å². The summed E-state index contributed by atoms with van der Waals surface area (Å²) < 4.78 is 31.1. The molecule has 0 bridgehead atoms. The van der Waals surface area contributed by atoms with Crippen LogP contribution in [0.4, 0.5) is 0 Å². The average molecular weight is 473 g/mol. The van der Waals surface area contributed by atoms with Gasteiger partial charge in [0.05, 0.1) is 21.8 Å². The molecule has 2 heterocycles. The summed E-state index contributed by atoms with van der Waals surface area (Å²) in [5, 5.41) is 9.01. The summed E-state index contributed by atoms with van der Waals surface area (Å²) in [6.45, 7) is 4.33. The van der Waals surface area contributed by atoms with Gasteiger partial charge in [-0.25, -0.2) is 8.42 Å². The Hall–Kier alpha value is -1.78. The number of hydrogen-bond acceptors (Lipinski definition) is 7. The molecule has 1 aliphatic rings. The number of ether oxygens (including phenoxy) is 1.